The van der Waals surface area contributed by atoms with E-state index < -0.39 is 31.5 Å². The quantitative estimate of drug-likeness (QED) is 0.0505. The third kappa shape index (κ3) is 18.9. The fourth-order valence-corrected chi connectivity index (χ4v) is 7.32. The van der Waals surface area contributed by atoms with Gasteiger partial charge < -0.3 is 14.6 Å². The zero-order chi connectivity index (χ0) is 30.9. The van der Waals surface area contributed by atoms with Gasteiger partial charge in [0.25, 0.3) is 0 Å². The average molecular weight is 622 g/mol. The van der Waals surface area contributed by atoms with Crippen molar-refractivity contribution in [3.63, 3.8) is 0 Å². The van der Waals surface area contributed by atoms with E-state index in [1.54, 1.807) is 20.8 Å². The molecular weight excluding hydrogens is 555 g/mol. The van der Waals surface area contributed by atoms with Crippen LogP contribution < -0.4 is 0 Å². The van der Waals surface area contributed by atoms with Crippen molar-refractivity contribution in [2.75, 3.05) is 12.4 Å². The van der Waals surface area contributed by atoms with Gasteiger partial charge in [-0.15, -0.1) is 4.52 Å². The number of carbonyl (C=O) groups excluding carboxylic acids is 1. The van der Waals surface area contributed by atoms with Gasteiger partial charge in [0, 0.05) is 5.25 Å². The van der Waals surface area contributed by atoms with Crippen LogP contribution in [0.1, 0.15) is 164 Å². The molecule has 0 amide bonds. The van der Waals surface area contributed by atoms with Crippen LogP contribution in [0.2, 0.25) is 0 Å². The van der Waals surface area contributed by atoms with E-state index in [1.165, 1.54) is 96.3 Å². The molecule has 0 aliphatic carbocycles. The fourth-order valence-electron chi connectivity index (χ4n) is 4.87. The Balaban J connectivity index is 4.97. The van der Waals surface area contributed by atoms with Crippen LogP contribution in [-0.4, -0.2) is 52.3 Å². The van der Waals surface area contributed by atoms with Crippen molar-refractivity contribution in [1.82, 2.24) is 0 Å². The first-order valence-corrected chi connectivity index (χ1v) is 19.2. The number of esters is 1. The maximum Gasteiger partial charge on any atom is 0.559 e. The molecule has 5 unspecified atom stereocenters. The molecule has 0 spiro atoms. The highest BCUT2D eigenvalue weighted by molar-refractivity contribution is 7.99. The molecule has 8 heteroatoms. The number of rotatable bonds is 29. The summed E-state index contributed by atoms with van der Waals surface area (Å²) >= 11 is 1.94. The standard InChI is InChI=1S/C33H66O6PS/c1-8-11-13-15-16-17-18-19-20-22-24-27-41-31(25-23-21-14-12-9-2)29(6)39-30(7)33(35,32(34)38-28(4)5)40(36)37-26-10-3/h28-31,35H,8-27H2,1-7H3/q+1. The molecule has 0 aromatic carbocycles. The Hall–Kier alpha value is -0.200. The SMILES string of the molecule is CCCCCCCCCCCCCSC(CCCCCCC)C(C)OC(C)C(O)(C(=O)OC(C)C)[P+](=O)OCCC. The van der Waals surface area contributed by atoms with Gasteiger partial charge in [0.15, 0.2) is 0 Å². The second-order valence-electron chi connectivity index (χ2n) is 11.9. The van der Waals surface area contributed by atoms with E-state index in [9.17, 15) is 14.5 Å². The summed E-state index contributed by atoms with van der Waals surface area (Å²) in [5.41, 5.74) is 0. The molecule has 0 radical (unpaired) electrons. The molecule has 5 atom stereocenters. The zero-order valence-corrected chi connectivity index (χ0v) is 29.5. The first-order valence-electron chi connectivity index (χ1n) is 17.0. The number of ether oxygens (including phenoxy) is 2. The number of hydrogen-bond acceptors (Lipinski definition) is 7. The van der Waals surface area contributed by atoms with E-state index in [4.69, 9.17) is 14.0 Å². The number of hydrogen-bond donors (Lipinski definition) is 1. The lowest BCUT2D eigenvalue weighted by molar-refractivity contribution is -0.175. The molecule has 0 aliphatic rings. The largest absolute Gasteiger partial charge is 0.559 e. The molecule has 1 N–H and O–H groups in total. The Morgan fingerprint density at radius 2 is 1.24 bits per heavy atom. The predicted molar refractivity (Wildman–Crippen MR) is 176 cm³/mol. The van der Waals surface area contributed by atoms with Crippen LogP contribution in [-0.2, 0) is 23.4 Å². The van der Waals surface area contributed by atoms with Crippen LogP contribution >= 0.6 is 19.8 Å². The second kappa shape index (κ2) is 26.2. The minimum atomic E-state index is -2.74. The summed E-state index contributed by atoms with van der Waals surface area (Å²) in [6.07, 6.45) is 20.7. The van der Waals surface area contributed by atoms with Crippen LogP contribution in [0.15, 0.2) is 0 Å². The van der Waals surface area contributed by atoms with Crippen LogP contribution in [0.4, 0.5) is 0 Å². The van der Waals surface area contributed by atoms with Crippen molar-refractivity contribution in [3.8, 4) is 0 Å². The maximum absolute atomic E-state index is 13.0. The van der Waals surface area contributed by atoms with E-state index in [0.717, 1.165) is 18.6 Å². The van der Waals surface area contributed by atoms with E-state index in [-0.39, 0.29) is 18.0 Å². The highest BCUT2D eigenvalue weighted by atomic mass is 32.2. The molecule has 0 aliphatic heterocycles. The lowest BCUT2D eigenvalue weighted by Gasteiger charge is -2.30. The summed E-state index contributed by atoms with van der Waals surface area (Å²) in [4.78, 5) is 12.9. The number of thioether (sulfide) groups is 1. The van der Waals surface area contributed by atoms with Crippen LogP contribution in [0, 0.1) is 0 Å². The summed E-state index contributed by atoms with van der Waals surface area (Å²) in [5.74, 6) is 0.126. The first-order chi connectivity index (χ1) is 19.6. The summed E-state index contributed by atoms with van der Waals surface area (Å²) < 4.78 is 29.9. The second-order valence-corrected chi connectivity index (χ2v) is 14.7. The van der Waals surface area contributed by atoms with E-state index in [2.05, 4.69) is 13.8 Å². The van der Waals surface area contributed by atoms with Gasteiger partial charge in [-0.1, -0.05) is 117 Å². The third-order valence-electron chi connectivity index (χ3n) is 7.52. The molecule has 0 bridgehead atoms. The van der Waals surface area contributed by atoms with E-state index in [0.29, 0.717) is 6.42 Å². The van der Waals surface area contributed by atoms with Gasteiger partial charge in [-0.05, 0) is 57.3 Å². The van der Waals surface area contributed by atoms with Crippen molar-refractivity contribution in [3.05, 3.63) is 0 Å². The Kier molecular flexibility index (Phi) is 26.1. The highest BCUT2D eigenvalue weighted by Gasteiger charge is 2.64. The Morgan fingerprint density at radius 3 is 1.73 bits per heavy atom. The van der Waals surface area contributed by atoms with Gasteiger partial charge in [-0.25, -0.2) is 4.79 Å². The van der Waals surface area contributed by atoms with E-state index in [1.807, 2.05) is 25.6 Å². The Morgan fingerprint density at radius 1 is 0.756 bits per heavy atom. The smallest absolute Gasteiger partial charge is 0.457 e. The number of carbonyl (C=O) groups is 1. The van der Waals surface area contributed by atoms with Gasteiger partial charge in [-0.3, -0.25) is 0 Å². The van der Waals surface area contributed by atoms with Crippen molar-refractivity contribution in [1.29, 1.82) is 0 Å². The van der Waals surface area contributed by atoms with Gasteiger partial charge in [0.1, 0.15) is 12.7 Å². The molecule has 41 heavy (non-hydrogen) atoms. The normalized spacial score (nSPS) is 15.9. The molecule has 0 rings (SSSR count). The molecule has 0 heterocycles. The Labute approximate surface area is 259 Å². The average Bonchev–Trinajstić information content (AvgIpc) is 2.94. The topological polar surface area (TPSA) is 82.1 Å². The van der Waals surface area contributed by atoms with Crippen LogP contribution in [0.5, 0.6) is 0 Å². The molecule has 0 saturated heterocycles. The molecule has 0 aromatic heterocycles. The van der Waals surface area contributed by atoms with Crippen LogP contribution in [0.25, 0.3) is 0 Å². The molecule has 6 nitrogen and oxygen atoms in total. The summed E-state index contributed by atoms with van der Waals surface area (Å²) in [6.45, 7) is 13.6. The molecular formula is C33H66O6PS+. The van der Waals surface area contributed by atoms with Crippen molar-refractivity contribution in [2.24, 2.45) is 0 Å². The van der Waals surface area contributed by atoms with Crippen LogP contribution in [0.3, 0.4) is 0 Å². The lowest BCUT2D eigenvalue weighted by atomic mass is 10.1. The van der Waals surface area contributed by atoms with Crippen molar-refractivity contribution < 1.29 is 28.5 Å². The third-order valence-corrected chi connectivity index (χ3v) is 10.6. The highest BCUT2D eigenvalue weighted by Crippen LogP contribution is 2.44. The maximum atomic E-state index is 13.0. The first kappa shape index (κ1) is 40.8. The van der Waals surface area contributed by atoms with Gasteiger partial charge in [0.05, 0.1) is 12.2 Å². The predicted octanol–water partition coefficient (Wildman–Crippen LogP) is 10.4. The molecule has 0 aromatic rings. The van der Waals surface area contributed by atoms with E-state index >= 15 is 0 Å². The molecule has 0 fully saturated rings. The number of aliphatic hydroxyl groups is 1. The van der Waals surface area contributed by atoms with Gasteiger partial charge >= 0.3 is 19.3 Å². The summed E-state index contributed by atoms with van der Waals surface area (Å²) in [5, 5.41) is 9.26. The molecule has 0 saturated carbocycles. The summed E-state index contributed by atoms with van der Waals surface area (Å²) in [6, 6.07) is 0. The number of unbranched alkanes of at least 4 members (excludes halogenated alkanes) is 14. The zero-order valence-electron chi connectivity index (χ0n) is 27.8. The summed E-state index contributed by atoms with van der Waals surface area (Å²) in [7, 11) is -2.74. The van der Waals surface area contributed by atoms with Crippen molar-refractivity contribution in [2.45, 2.75) is 193 Å². The molecule has 244 valence electrons. The minimum absolute atomic E-state index is 0.184. The lowest BCUT2D eigenvalue weighted by Crippen LogP contribution is -2.50. The van der Waals surface area contributed by atoms with Gasteiger partial charge in [0.2, 0.25) is 0 Å². The van der Waals surface area contributed by atoms with Gasteiger partial charge in [-0.2, -0.15) is 11.8 Å². The fraction of sp³-hybridized carbons (Fsp3) is 0.970. The van der Waals surface area contributed by atoms with Crippen molar-refractivity contribution >= 4 is 25.8 Å². The monoisotopic (exact) mass is 621 g/mol. The minimum Gasteiger partial charge on any atom is -0.457 e. The Bertz CT molecular complexity index is 649.